The predicted molar refractivity (Wildman–Crippen MR) is 99.2 cm³/mol. The molecule has 0 fully saturated rings. The second-order valence-electron chi connectivity index (χ2n) is 5.73. The van der Waals surface area contributed by atoms with E-state index in [9.17, 15) is 9.90 Å². The molecule has 0 atom stereocenters. The Kier molecular flexibility index (Phi) is 7.50. The zero-order chi connectivity index (χ0) is 17.9. The summed E-state index contributed by atoms with van der Waals surface area (Å²) in [6.45, 7) is 2.89. The summed E-state index contributed by atoms with van der Waals surface area (Å²) in [6.07, 6.45) is 6.25. The van der Waals surface area contributed by atoms with Gasteiger partial charge in [-0.15, -0.1) is 0 Å². The highest BCUT2D eigenvalue weighted by Crippen LogP contribution is 2.13. The number of carbonyl (C=O) groups excluding carboxylic acids is 1. The Morgan fingerprint density at radius 1 is 1.16 bits per heavy atom. The first-order valence-electron chi connectivity index (χ1n) is 8.54. The summed E-state index contributed by atoms with van der Waals surface area (Å²) in [7, 11) is 0. The number of hydrazone groups is 1. The molecule has 25 heavy (non-hydrogen) atoms. The molecular formula is C20H24N2O3. The van der Waals surface area contributed by atoms with Gasteiger partial charge in [-0.05, 0) is 48.4 Å². The maximum atomic E-state index is 11.9. The van der Waals surface area contributed by atoms with Gasteiger partial charge in [-0.1, -0.05) is 38.3 Å². The van der Waals surface area contributed by atoms with E-state index < -0.39 is 0 Å². The average Bonchev–Trinajstić information content (AvgIpc) is 2.62. The molecule has 0 radical (unpaired) electrons. The minimum absolute atomic E-state index is 0.117. The lowest BCUT2D eigenvalue weighted by Gasteiger charge is -2.06. The molecule has 0 aliphatic carbocycles. The number of benzene rings is 2. The van der Waals surface area contributed by atoms with Crippen molar-refractivity contribution in [1.29, 1.82) is 0 Å². The van der Waals surface area contributed by atoms with Gasteiger partial charge in [0.1, 0.15) is 11.5 Å². The van der Waals surface area contributed by atoms with E-state index in [4.69, 9.17) is 4.74 Å². The van der Waals surface area contributed by atoms with Crippen LogP contribution in [0.3, 0.4) is 0 Å². The third-order valence-electron chi connectivity index (χ3n) is 3.63. The number of ether oxygens (including phenoxy) is 1. The number of nitrogens with one attached hydrogen (secondary N) is 1. The van der Waals surface area contributed by atoms with Crippen molar-refractivity contribution in [2.75, 3.05) is 6.61 Å². The number of rotatable bonds is 9. The van der Waals surface area contributed by atoms with E-state index in [1.54, 1.807) is 6.21 Å². The van der Waals surface area contributed by atoms with Gasteiger partial charge in [0.05, 0.1) is 12.8 Å². The summed E-state index contributed by atoms with van der Waals surface area (Å²) in [5, 5.41) is 13.2. The summed E-state index contributed by atoms with van der Waals surface area (Å²) in [5.41, 5.74) is 3.73. The number of nitrogens with zero attached hydrogens (tertiary/aromatic N) is 1. The Balaban J connectivity index is 1.83. The molecule has 1 amide bonds. The van der Waals surface area contributed by atoms with Crippen molar-refractivity contribution < 1.29 is 14.6 Å². The highest BCUT2D eigenvalue weighted by Gasteiger charge is 2.03. The van der Waals surface area contributed by atoms with E-state index in [0.29, 0.717) is 12.2 Å². The van der Waals surface area contributed by atoms with E-state index in [1.807, 2.05) is 24.3 Å². The minimum Gasteiger partial charge on any atom is -0.508 e. The molecular weight excluding hydrogens is 316 g/mol. The fourth-order valence-electron chi connectivity index (χ4n) is 2.25. The zero-order valence-corrected chi connectivity index (χ0v) is 14.4. The van der Waals surface area contributed by atoms with E-state index in [1.165, 1.54) is 43.5 Å². The van der Waals surface area contributed by atoms with Crippen molar-refractivity contribution >= 4 is 12.1 Å². The van der Waals surface area contributed by atoms with Gasteiger partial charge in [-0.25, -0.2) is 5.43 Å². The highest BCUT2D eigenvalue weighted by molar-refractivity contribution is 5.95. The third kappa shape index (κ3) is 6.67. The molecule has 2 aromatic carbocycles. The van der Waals surface area contributed by atoms with Gasteiger partial charge in [-0.2, -0.15) is 5.10 Å². The SMILES string of the molecule is CCCCCCOc1cccc(/C=N/NC(=O)c2ccc(O)cc2)c1. The zero-order valence-electron chi connectivity index (χ0n) is 14.4. The smallest absolute Gasteiger partial charge is 0.271 e. The van der Waals surface area contributed by atoms with Gasteiger partial charge >= 0.3 is 0 Å². The molecule has 0 saturated heterocycles. The first-order chi connectivity index (χ1) is 12.2. The molecule has 2 rings (SSSR count). The number of unbranched alkanes of at least 4 members (excludes halogenated alkanes) is 3. The second-order valence-corrected chi connectivity index (χ2v) is 5.73. The largest absolute Gasteiger partial charge is 0.508 e. The first kappa shape index (κ1) is 18.5. The molecule has 2 N–H and O–H groups in total. The van der Waals surface area contributed by atoms with Gasteiger partial charge < -0.3 is 9.84 Å². The summed E-state index contributed by atoms with van der Waals surface area (Å²) in [5.74, 6) is 0.580. The summed E-state index contributed by atoms with van der Waals surface area (Å²) in [4.78, 5) is 11.9. The van der Waals surface area contributed by atoms with Crippen LogP contribution in [0.5, 0.6) is 11.5 Å². The van der Waals surface area contributed by atoms with Crippen LogP contribution in [0.15, 0.2) is 53.6 Å². The van der Waals surface area contributed by atoms with Crippen LogP contribution in [0.2, 0.25) is 0 Å². The molecule has 0 aromatic heterocycles. The Morgan fingerprint density at radius 2 is 1.96 bits per heavy atom. The molecule has 2 aromatic rings. The number of phenolic OH excluding ortho intramolecular Hbond substituents is 1. The number of amides is 1. The maximum absolute atomic E-state index is 11.9. The number of phenols is 1. The lowest BCUT2D eigenvalue weighted by atomic mass is 10.2. The normalized spacial score (nSPS) is 10.8. The van der Waals surface area contributed by atoms with Crippen LogP contribution < -0.4 is 10.2 Å². The number of hydrogen-bond acceptors (Lipinski definition) is 4. The van der Waals surface area contributed by atoms with Crippen molar-refractivity contribution in [1.82, 2.24) is 5.43 Å². The molecule has 132 valence electrons. The fraction of sp³-hybridized carbons (Fsp3) is 0.300. The van der Waals surface area contributed by atoms with E-state index in [-0.39, 0.29) is 11.7 Å². The van der Waals surface area contributed by atoms with Crippen molar-refractivity contribution in [3.8, 4) is 11.5 Å². The molecule has 5 heteroatoms. The highest BCUT2D eigenvalue weighted by atomic mass is 16.5. The third-order valence-corrected chi connectivity index (χ3v) is 3.63. The molecule has 0 unspecified atom stereocenters. The van der Waals surface area contributed by atoms with Crippen LogP contribution in [0.1, 0.15) is 48.5 Å². The quantitative estimate of drug-likeness (QED) is 0.410. The topological polar surface area (TPSA) is 70.9 Å². The Hall–Kier alpha value is -2.82. The maximum Gasteiger partial charge on any atom is 0.271 e. The molecule has 5 nitrogen and oxygen atoms in total. The van der Waals surface area contributed by atoms with Gasteiger partial charge in [-0.3, -0.25) is 4.79 Å². The van der Waals surface area contributed by atoms with Crippen LogP contribution in [0, 0.1) is 0 Å². The molecule has 0 heterocycles. The van der Waals surface area contributed by atoms with Crippen LogP contribution in [0.4, 0.5) is 0 Å². The number of carbonyl (C=O) groups is 1. The van der Waals surface area contributed by atoms with E-state index >= 15 is 0 Å². The Labute approximate surface area is 148 Å². The standard InChI is InChI=1S/C20H24N2O3/c1-2-3-4-5-13-25-19-8-6-7-16(14-19)15-21-22-20(24)17-9-11-18(23)12-10-17/h6-12,14-15,23H,2-5,13H2,1H3,(H,22,24)/b21-15+. The fourth-order valence-corrected chi connectivity index (χ4v) is 2.25. The average molecular weight is 340 g/mol. The van der Waals surface area contributed by atoms with Crippen molar-refractivity contribution in [3.05, 3.63) is 59.7 Å². The van der Waals surface area contributed by atoms with Gasteiger partial charge in [0, 0.05) is 5.56 Å². The lowest BCUT2D eigenvalue weighted by Crippen LogP contribution is -2.17. The summed E-state index contributed by atoms with van der Waals surface area (Å²) in [6, 6.07) is 13.6. The van der Waals surface area contributed by atoms with E-state index in [0.717, 1.165) is 17.7 Å². The molecule has 0 aliphatic heterocycles. The molecule has 0 bridgehead atoms. The van der Waals surface area contributed by atoms with Crippen LogP contribution in [0.25, 0.3) is 0 Å². The van der Waals surface area contributed by atoms with E-state index in [2.05, 4.69) is 17.5 Å². The van der Waals surface area contributed by atoms with Crippen molar-refractivity contribution in [2.45, 2.75) is 32.6 Å². The van der Waals surface area contributed by atoms with Crippen LogP contribution in [-0.4, -0.2) is 23.8 Å². The van der Waals surface area contributed by atoms with Gasteiger partial charge in [0.2, 0.25) is 0 Å². The number of aromatic hydroxyl groups is 1. The monoisotopic (exact) mass is 340 g/mol. The molecule has 0 spiro atoms. The van der Waals surface area contributed by atoms with Gasteiger partial charge in [0.25, 0.3) is 5.91 Å². The number of hydrogen-bond donors (Lipinski definition) is 2. The second kappa shape index (κ2) is 10.1. The van der Waals surface area contributed by atoms with Crippen molar-refractivity contribution in [2.24, 2.45) is 5.10 Å². The Bertz CT molecular complexity index is 696. The molecule has 0 saturated carbocycles. The molecule has 0 aliphatic rings. The van der Waals surface area contributed by atoms with Crippen LogP contribution >= 0.6 is 0 Å². The minimum atomic E-state index is -0.334. The predicted octanol–water partition coefficient (Wildman–Crippen LogP) is 4.12. The summed E-state index contributed by atoms with van der Waals surface area (Å²) < 4.78 is 5.73. The van der Waals surface area contributed by atoms with Crippen molar-refractivity contribution in [3.63, 3.8) is 0 Å². The Morgan fingerprint density at radius 3 is 2.72 bits per heavy atom. The lowest BCUT2D eigenvalue weighted by molar-refractivity contribution is 0.0955. The summed E-state index contributed by atoms with van der Waals surface area (Å²) >= 11 is 0. The first-order valence-corrected chi connectivity index (χ1v) is 8.54. The van der Waals surface area contributed by atoms with Crippen LogP contribution in [-0.2, 0) is 0 Å². The van der Waals surface area contributed by atoms with Gasteiger partial charge in [0.15, 0.2) is 0 Å².